The lowest BCUT2D eigenvalue weighted by Crippen LogP contribution is -2.30. The summed E-state index contributed by atoms with van der Waals surface area (Å²) in [6.45, 7) is 13.6. The number of carbonyl (C=O) groups is 3. The number of unbranched alkanes of at least 4 members (excludes halogenated alkanes) is 24. The van der Waals surface area contributed by atoms with Gasteiger partial charge in [0, 0.05) is 19.3 Å². The summed E-state index contributed by atoms with van der Waals surface area (Å²) in [6.07, 6.45) is 36.7. The Balaban J connectivity index is 4.32. The second-order valence-electron chi connectivity index (χ2n) is 17.8. The summed E-state index contributed by atoms with van der Waals surface area (Å²) >= 11 is 0. The normalized spacial score (nSPS) is 12.2. The van der Waals surface area contributed by atoms with Crippen molar-refractivity contribution in [1.82, 2.24) is 0 Å². The van der Waals surface area contributed by atoms with E-state index in [1.54, 1.807) is 0 Å². The zero-order valence-corrected chi connectivity index (χ0v) is 37.0. The molecule has 1 atom stereocenters. The monoisotopic (exact) mass is 765 g/mol. The highest BCUT2D eigenvalue weighted by atomic mass is 16.6. The first-order chi connectivity index (χ1) is 26.1. The molecule has 0 saturated heterocycles. The summed E-state index contributed by atoms with van der Waals surface area (Å²) in [7, 11) is 0. The van der Waals surface area contributed by atoms with Gasteiger partial charge in [0.1, 0.15) is 13.2 Å². The van der Waals surface area contributed by atoms with Crippen molar-refractivity contribution in [2.45, 2.75) is 260 Å². The third-order valence-corrected chi connectivity index (χ3v) is 10.6. The van der Waals surface area contributed by atoms with Crippen LogP contribution in [-0.4, -0.2) is 37.2 Å². The molecule has 0 rings (SSSR count). The molecule has 54 heavy (non-hydrogen) atoms. The summed E-state index contributed by atoms with van der Waals surface area (Å²) in [5, 5.41) is 0. The Kier molecular flexibility index (Phi) is 38.5. The highest BCUT2D eigenvalue weighted by Gasteiger charge is 2.19. The molecule has 0 fully saturated rings. The largest absolute Gasteiger partial charge is 0.462 e. The standard InChI is InChI=1S/C48H92O6/c1-42(2)34-28-22-16-12-8-7-9-14-18-25-31-37-46(49)52-40-45(41-53-47(50)38-32-26-21-20-24-30-36-44(5)6)54-48(51)39-33-27-19-15-11-10-13-17-23-29-35-43(3)4/h42-45H,7-41H2,1-6H3/t45-/m0/s1. The number of hydrogen-bond donors (Lipinski definition) is 0. The molecule has 0 N–H and O–H groups in total. The fourth-order valence-corrected chi connectivity index (χ4v) is 7.06. The molecule has 0 aliphatic heterocycles. The zero-order valence-electron chi connectivity index (χ0n) is 37.0. The van der Waals surface area contributed by atoms with Crippen molar-refractivity contribution in [2.75, 3.05) is 13.2 Å². The molecule has 0 heterocycles. The fourth-order valence-electron chi connectivity index (χ4n) is 7.06. The van der Waals surface area contributed by atoms with Crippen LogP contribution in [0.5, 0.6) is 0 Å². The molecule has 0 bridgehead atoms. The van der Waals surface area contributed by atoms with Gasteiger partial charge in [-0.2, -0.15) is 0 Å². The van der Waals surface area contributed by atoms with Gasteiger partial charge in [-0.15, -0.1) is 0 Å². The van der Waals surface area contributed by atoms with E-state index in [4.69, 9.17) is 14.2 Å². The van der Waals surface area contributed by atoms with Crippen LogP contribution in [0.4, 0.5) is 0 Å². The van der Waals surface area contributed by atoms with Crippen molar-refractivity contribution in [3.05, 3.63) is 0 Å². The van der Waals surface area contributed by atoms with Crippen molar-refractivity contribution in [1.29, 1.82) is 0 Å². The minimum absolute atomic E-state index is 0.0663. The number of ether oxygens (including phenoxy) is 3. The van der Waals surface area contributed by atoms with Crippen molar-refractivity contribution in [3.63, 3.8) is 0 Å². The van der Waals surface area contributed by atoms with Gasteiger partial charge < -0.3 is 14.2 Å². The lowest BCUT2D eigenvalue weighted by Gasteiger charge is -2.18. The van der Waals surface area contributed by atoms with E-state index >= 15 is 0 Å². The van der Waals surface area contributed by atoms with Gasteiger partial charge >= 0.3 is 17.9 Å². The molecule has 0 aromatic rings. The molecule has 0 aliphatic carbocycles. The molecule has 6 nitrogen and oxygen atoms in total. The predicted molar refractivity (Wildman–Crippen MR) is 229 cm³/mol. The Hall–Kier alpha value is -1.59. The molecule has 0 aliphatic rings. The smallest absolute Gasteiger partial charge is 0.306 e. The van der Waals surface area contributed by atoms with Crippen molar-refractivity contribution < 1.29 is 28.6 Å². The molecule has 0 spiro atoms. The van der Waals surface area contributed by atoms with Gasteiger partial charge in [-0.1, -0.05) is 215 Å². The Morgan fingerprint density at radius 2 is 0.537 bits per heavy atom. The van der Waals surface area contributed by atoms with E-state index in [0.29, 0.717) is 19.3 Å². The quantitative estimate of drug-likeness (QED) is 0.0350. The van der Waals surface area contributed by atoms with Gasteiger partial charge in [-0.3, -0.25) is 14.4 Å². The van der Waals surface area contributed by atoms with Crippen molar-refractivity contribution >= 4 is 17.9 Å². The van der Waals surface area contributed by atoms with Gasteiger partial charge in [0.05, 0.1) is 0 Å². The second-order valence-corrected chi connectivity index (χ2v) is 17.8. The SMILES string of the molecule is CC(C)CCCCCCCCCCCCCC(=O)OC[C@@H](COC(=O)CCCCCCCCC(C)C)OC(=O)CCCCCCCCCCCCC(C)C. The topological polar surface area (TPSA) is 78.9 Å². The van der Waals surface area contributed by atoms with Crippen LogP contribution in [0.3, 0.4) is 0 Å². The number of esters is 3. The van der Waals surface area contributed by atoms with E-state index < -0.39 is 6.10 Å². The van der Waals surface area contributed by atoms with Crippen LogP contribution in [0.2, 0.25) is 0 Å². The third-order valence-electron chi connectivity index (χ3n) is 10.6. The number of hydrogen-bond acceptors (Lipinski definition) is 6. The van der Waals surface area contributed by atoms with Gasteiger partial charge in [0.25, 0.3) is 0 Å². The first kappa shape index (κ1) is 52.4. The first-order valence-electron chi connectivity index (χ1n) is 23.6. The van der Waals surface area contributed by atoms with Gasteiger partial charge in [0.15, 0.2) is 6.10 Å². The van der Waals surface area contributed by atoms with E-state index in [0.717, 1.165) is 75.5 Å². The molecule has 320 valence electrons. The van der Waals surface area contributed by atoms with Crippen molar-refractivity contribution in [3.8, 4) is 0 Å². The summed E-state index contributed by atoms with van der Waals surface area (Å²) in [6, 6.07) is 0. The van der Waals surface area contributed by atoms with Gasteiger partial charge in [-0.05, 0) is 37.0 Å². The molecule has 0 unspecified atom stereocenters. The summed E-state index contributed by atoms with van der Waals surface area (Å²) < 4.78 is 16.7. The van der Waals surface area contributed by atoms with Gasteiger partial charge in [0.2, 0.25) is 0 Å². The zero-order chi connectivity index (χ0) is 39.9. The lowest BCUT2D eigenvalue weighted by atomic mass is 10.0. The Bertz CT molecular complexity index is 837. The highest BCUT2D eigenvalue weighted by Crippen LogP contribution is 2.17. The summed E-state index contributed by atoms with van der Waals surface area (Å²) in [5.41, 5.74) is 0. The van der Waals surface area contributed by atoms with Crippen LogP contribution >= 0.6 is 0 Å². The van der Waals surface area contributed by atoms with Crippen LogP contribution in [0.1, 0.15) is 253 Å². The average molecular weight is 765 g/mol. The Morgan fingerprint density at radius 3 is 0.796 bits per heavy atom. The minimum Gasteiger partial charge on any atom is -0.462 e. The molecule has 0 radical (unpaired) electrons. The van der Waals surface area contributed by atoms with E-state index in [9.17, 15) is 14.4 Å². The van der Waals surface area contributed by atoms with Crippen LogP contribution in [0.15, 0.2) is 0 Å². The molecule has 0 saturated carbocycles. The van der Waals surface area contributed by atoms with Crippen LogP contribution < -0.4 is 0 Å². The molecular weight excluding hydrogens is 673 g/mol. The van der Waals surface area contributed by atoms with E-state index in [1.807, 2.05) is 0 Å². The van der Waals surface area contributed by atoms with Crippen LogP contribution in [0, 0.1) is 17.8 Å². The number of carbonyl (C=O) groups excluding carboxylic acids is 3. The van der Waals surface area contributed by atoms with Gasteiger partial charge in [-0.25, -0.2) is 0 Å². The maximum absolute atomic E-state index is 12.7. The fraction of sp³-hybridized carbons (Fsp3) is 0.938. The third kappa shape index (κ3) is 41.6. The molecule has 6 heteroatoms. The Labute approximate surface area is 336 Å². The summed E-state index contributed by atoms with van der Waals surface area (Å²) in [4.78, 5) is 37.7. The van der Waals surface area contributed by atoms with Crippen LogP contribution in [0.25, 0.3) is 0 Å². The maximum Gasteiger partial charge on any atom is 0.306 e. The van der Waals surface area contributed by atoms with E-state index in [2.05, 4.69) is 41.5 Å². The Morgan fingerprint density at radius 1 is 0.315 bits per heavy atom. The number of rotatable bonds is 41. The highest BCUT2D eigenvalue weighted by molar-refractivity contribution is 5.71. The molecule has 0 amide bonds. The molecule has 0 aromatic heterocycles. The first-order valence-corrected chi connectivity index (χ1v) is 23.6. The minimum atomic E-state index is -0.762. The lowest BCUT2D eigenvalue weighted by molar-refractivity contribution is -0.167. The second kappa shape index (κ2) is 39.6. The van der Waals surface area contributed by atoms with Crippen LogP contribution in [-0.2, 0) is 28.6 Å². The maximum atomic E-state index is 12.7. The molecule has 0 aromatic carbocycles. The van der Waals surface area contributed by atoms with E-state index in [-0.39, 0.29) is 31.1 Å². The molecular formula is C48H92O6. The average Bonchev–Trinajstić information content (AvgIpc) is 3.12. The van der Waals surface area contributed by atoms with Crippen molar-refractivity contribution in [2.24, 2.45) is 17.8 Å². The summed E-state index contributed by atoms with van der Waals surface area (Å²) in [5.74, 6) is 1.54. The predicted octanol–water partition coefficient (Wildman–Crippen LogP) is 14.8. The van der Waals surface area contributed by atoms with E-state index in [1.165, 1.54) is 135 Å².